The van der Waals surface area contributed by atoms with E-state index in [0.717, 1.165) is 10.6 Å². The first-order valence-electron chi connectivity index (χ1n) is 9.86. The van der Waals surface area contributed by atoms with Gasteiger partial charge in [-0.05, 0) is 27.8 Å². The number of nitrogens with zero attached hydrogens (tertiary/aromatic N) is 4. The van der Waals surface area contributed by atoms with Crippen molar-refractivity contribution in [1.29, 1.82) is 0 Å². The molecule has 3 heterocycles. The van der Waals surface area contributed by atoms with E-state index in [-0.39, 0.29) is 24.9 Å². The summed E-state index contributed by atoms with van der Waals surface area (Å²) < 4.78 is 32.0. The van der Waals surface area contributed by atoms with Crippen molar-refractivity contribution >= 4 is 12.0 Å². The molecule has 3 rings (SSSR count). The van der Waals surface area contributed by atoms with E-state index < -0.39 is 18.1 Å². The zero-order chi connectivity index (χ0) is 21.3. The second kappa shape index (κ2) is 8.35. The first-order valence-corrected chi connectivity index (χ1v) is 9.86. The molecule has 0 fully saturated rings. The van der Waals surface area contributed by atoms with E-state index in [9.17, 15) is 18.4 Å². The number of carbonyl (C=O) groups is 2. The Hall–Kier alpha value is -2.07. The third-order valence-corrected chi connectivity index (χ3v) is 4.93. The van der Waals surface area contributed by atoms with Gasteiger partial charge in [-0.25, -0.2) is 18.5 Å². The molecule has 10 heteroatoms. The molecule has 2 amide bonds. The summed E-state index contributed by atoms with van der Waals surface area (Å²) >= 11 is 0. The van der Waals surface area contributed by atoms with Gasteiger partial charge in [-0.3, -0.25) is 9.48 Å². The molecule has 0 spiro atoms. The van der Waals surface area contributed by atoms with Crippen molar-refractivity contribution in [1.82, 2.24) is 24.9 Å². The Morgan fingerprint density at radius 3 is 2.72 bits per heavy atom. The van der Waals surface area contributed by atoms with Gasteiger partial charge in [0.05, 0.1) is 23.5 Å². The van der Waals surface area contributed by atoms with Crippen LogP contribution in [0.5, 0.6) is 0 Å². The van der Waals surface area contributed by atoms with Gasteiger partial charge in [0.1, 0.15) is 5.60 Å². The Morgan fingerprint density at radius 2 is 2.07 bits per heavy atom. The summed E-state index contributed by atoms with van der Waals surface area (Å²) in [5.74, 6) is -0.303. The van der Waals surface area contributed by atoms with Gasteiger partial charge >= 0.3 is 6.09 Å². The molecule has 0 bridgehead atoms. The number of halogens is 2. The fraction of sp³-hybridized carbons (Fsp3) is 0.737. The van der Waals surface area contributed by atoms with Crippen molar-refractivity contribution in [3.63, 3.8) is 0 Å². The van der Waals surface area contributed by atoms with Crippen LogP contribution in [-0.4, -0.2) is 76.8 Å². The van der Waals surface area contributed by atoms with Gasteiger partial charge in [0.2, 0.25) is 0 Å². The normalized spacial score (nSPS) is 20.4. The Bertz CT molecular complexity index is 775. The van der Waals surface area contributed by atoms with Crippen molar-refractivity contribution in [2.45, 2.75) is 52.3 Å². The molecule has 1 aromatic rings. The summed E-state index contributed by atoms with van der Waals surface area (Å²) in [6.07, 6.45) is -2.56. The average Bonchev–Trinajstić information content (AvgIpc) is 2.82. The highest BCUT2D eigenvalue weighted by molar-refractivity contribution is 6.05. The number of rotatable bonds is 4. The number of hydrogen-bond donors (Lipinski definition) is 1. The second-order valence-corrected chi connectivity index (χ2v) is 8.75. The third-order valence-electron chi connectivity index (χ3n) is 4.93. The predicted molar refractivity (Wildman–Crippen MR) is 102 cm³/mol. The molecule has 0 radical (unpaired) electrons. The average molecular weight is 413 g/mol. The van der Waals surface area contributed by atoms with Gasteiger partial charge in [0.25, 0.3) is 12.3 Å². The second-order valence-electron chi connectivity index (χ2n) is 8.75. The van der Waals surface area contributed by atoms with Gasteiger partial charge < -0.3 is 15.0 Å². The van der Waals surface area contributed by atoms with Crippen LogP contribution in [0.1, 0.15) is 42.5 Å². The lowest BCUT2D eigenvalue weighted by molar-refractivity contribution is 0.0232. The number of alkyl halides is 2. The highest BCUT2D eigenvalue weighted by Gasteiger charge is 2.38. The van der Waals surface area contributed by atoms with E-state index in [1.165, 1.54) is 0 Å². The predicted octanol–water partition coefficient (Wildman–Crippen LogP) is 1.73. The smallest absolute Gasteiger partial charge is 0.417 e. The number of nitrogens with one attached hydrogen (secondary N) is 1. The van der Waals surface area contributed by atoms with Crippen molar-refractivity contribution in [2.24, 2.45) is 5.92 Å². The van der Waals surface area contributed by atoms with Gasteiger partial charge in [-0.1, -0.05) is 0 Å². The molecule has 1 N–H and O–H groups in total. The molecule has 8 nitrogen and oxygen atoms in total. The fourth-order valence-electron chi connectivity index (χ4n) is 3.82. The first-order chi connectivity index (χ1) is 13.5. The van der Waals surface area contributed by atoms with Crippen molar-refractivity contribution < 1.29 is 23.1 Å². The maximum absolute atomic E-state index is 13.1. The van der Waals surface area contributed by atoms with Crippen LogP contribution < -0.4 is 5.32 Å². The van der Waals surface area contributed by atoms with Crippen molar-refractivity contribution in [3.05, 3.63) is 17.0 Å². The van der Waals surface area contributed by atoms with E-state index in [1.54, 1.807) is 25.5 Å². The minimum Gasteiger partial charge on any atom is -0.443 e. The van der Waals surface area contributed by atoms with E-state index >= 15 is 0 Å². The maximum atomic E-state index is 13.1. The molecule has 0 saturated carbocycles. The van der Waals surface area contributed by atoms with Crippen LogP contribution in [0.3, 0.4) is 0 Å². The Kier molecular flexibility index (Phi) is 6.23. The van der Waals surface area contributed by atoms with E-state index in [2.05, 4.69) is 15.3 Å². The molecule has 162 valence electrons. The molecule has 29 heavy (non-hydrogen) atoms. The maximum Gasteiger partial charge on any atom is 0.417 e. The molecule has 1 atom stereocenters. The summed E-state index contributed by atoms with van der Waals surface area (Å²) in [6.45, 7) is 7.33. The van der Waals surface area contributed by atoms with E-state index in [1.807, 2.05) is 7.05 Å². The molecule has 2 aliphatic heterocycles. The standard InChI is InChI=1S/C19H29F2N5O3/c1-19(2,3)29-18(28)25-6-5-13-16(17(25)27)14-11-24(4)9-12(10-26(14)23-13)7-22-8-15(20)21/h12,15,22H,5-11H2,1-4H3. The van der Waals surface area contributed by atoms with Gasteiger partial charge in [0.15, 0.2) is 0 Å². The Morgan fingerprint density at radius 1 is 1.34 bits per heavy atom. The van der Waals surface area contributed by atoms with Crippen LogP contribution in [0.2, 0.25) is 0 Å². The highest BCUT2D eigenvalue weighted by Crippen LogP contribution is 2.27. The lowest BCUT2D eigenvalue weighted by Gasteiger charge is -2.28. The lowest BCUT2D eigenvalue weighted by atomic mass is 10.0. The van der Waals surface area contributed by atoms with Crippen molar-refractivity contribution in [2.75, 3.05) is 33.2 Å². The van der Waals surface area contributed by atoms with Crippen LogP contribution in [0.15, 0.2) is 0 Å². The Labute approximate surface area is 169 Å². The number of imide groups is 1. The summed E-state index contributed by atoms with van der Waals surface area (Å²) in [5, 5.41) is 7.41. The van der Waals surface area contributed by atoms with Crippen LogP contribution in [-0.2, 0) is 24.2 Å². The summed E-state index contributed by atoms with van der Waals surface area (Å²) in [5.41, 5.74) is 1.22. The highest BCUT2D eigenvalue weighted by atomic mass is 19.3. The monoisotopic (exact) mass is 413 g/mol. The van der Waals surface area contributed by atoms with Gasteiger partial charge in [0, 0.05) is 45.1 Å². The number of carbonyl (C=O) groups excluding carboxylic acids is 2. The SMILES string of the molecule is CN1Cc2c3c(nn2CC(CNCC(F)F)C1)CCN(C(=O)OC(C)(C)C)C3=O. The van der Waals surface area contributed by atoms with Gasteiger partial charge in [-0.2, -0.15) is 5.10 Å². The van der Waals surface area contributed by atoms with Crippen LogP contribution in [0.25, 0.3) is 0 Å². The minimum atomic E-state index is -2.39. The zero-order valence-electron chi connectivity index (χ0n) is 17.4. The lowest BCUT2D eigenvalue weighted by Crippen LogP contribution is -2.45. The molecular formula is C19H29F2N5O3. The topological polar surface area (TPSA) is 79.7 Å². The molecule has 0 aliphatic carbocycles. The van der Waals surface area contributed by atoms with Gasteiger partial charge in [-0.15, -0.1) is 0 Å². The van der Waals surface area contributed by atoms with Crippen molar-refractivity contribution in [3.8, 4) is 0 Å². The molecule has 2 aliphatic rings. The number of ether oxygens (including phenoxy) is 1. The van der Waals surface area contributed by atoms with E-state index in [4.69, 9.17) is 4.74 Å². The zero-order valence-corrected chi connectivity index (χ0v) is 17.4. The summed E-state index contributed by atoms with van der Waals surface area (Å²) in [6, 6.07) is 0. The fourth-order valence-corrected chi connectivity index (χ4v) is 3.82. The third kappa shape index (κ3) is 5.11. The number of hydrogen-bond acceptors (Lipinski definition) is 6. The first kappa shape index (κ1) is 21.6. The largest absolute Gasteiger partial charge is 0.443 e. The van der Waals surface area contributed by atoms with E-state index in [0.29, 0.717) is 43.9 Å². The summed E-state index contributed by atoms with van der Waals surface area (Å²) in [7, 11) is 1.92. The van der Waals surface area contributed by atoms with Crippen LogP contribution in [0, 0.1) is 5.92 Å². The van der Waals surface area contributed by atoms with Crippen LogP contribution >= 0.6 is 0 Å². The molecule has 1 aromatic heterocycles. The number of aromatic nitrogens is 2. The summed E-state index contributed by atoms with van der Waals surface area (Å²) in [4.78, 5) is 28.7. The quantitative estimate of drug-likeness (QED) is 0.810. The number of fused-ring (bicyclic) bond motifs is 3. The molecule has 0 aromatic carbocycles. The molecule has 0 saturated heterocycles. The molecule has 1 unspecified atom stereocenters. The molecular weight excluding hydrogens is 384 g/mol. The Balaban J connectivity index is 1.80. The number of amides is 2. The minimum absolute atomic E-state index is 0.0819. The van der Waals surface area contributed by atoms with Crippen LogP contribution in [0.4, 0.5) is 13.6 Å².